The number of anilines is 1. The van der Waals surface area contributed by atoms with E-state index in [4.69, 9.17) is 4.98 Å². The van der Waals surface area contributed by atoms with Gasteiger partial charge in [0.05, 0.1) is 22.5 Å². The molecule has 0 spiro atoms. The van der Waals surface area contributed by atoms with Gasteiger partial charge in [0.15, 0.2) is 5.82 Å². The minimum atomic E-state index is -0.566. The third-order valence-corrected chi connectivity index (χ3v) is 5.67. The van der Waals surface area contributed by atoms with E-state index in [-0.39, 0.29) is 11.6 Å². The fourth-order valence-corrected chi connectivity index (χ4v) is 4.05. The summed E-state index contributed by atoms with van der Waals surface area (Å²) >= 11 is 0. The fourth-order valence-electron chi connectivity index (χ4n) is 4.05. The van der Waals surface area contributed by atoms with E-state index >= 15 is 4.39 Å². The number of pyridine rings is 1. The van der Waals surface area contributed by atoms with Gasteiger partial charge in [-0.05, 0) is 43.7 Å². The molecule has 0 aliphatic carbocycles. The molecule has 6 heteroatoms. The molecule has 0 saturated heterocycles. The van der Waals surface area contributed by atoms with Crippen LogP contribution in [0, 0.1) is 12.7 Å². The van der Waals surface area contributed by atoms with Crippen molar-refractivity contribution in [2.24, 2.45) is 0 Å². The lowest BCUT2D eigenvalue weighted by atomic mass is 9.98. The van der Waals surface area contributed by atoms with Crippen molar-refractivity contribution in [2.75, 3.05) is 11.9 Å². The minimum Gasteiger partial charge on any atom is -0.352 e. The number of nitrogens with one attached hydrogen (secondary N) is 2. The molecular formula is C26H20FN3O2. The van der Waals surface area contributed by atoms with Crippen LogP contribution in [0.1, 0.15) is 31.8 Å². The number of nitrogens with zero attached hydrogens (tertiary/aromatic N) is 1. The van der Waals surface area contributed by atoms with Crippen LogP contribution in [0.3, 0.4) is 0 Å². The zero-order valence-corrected chi connectivity index (χ0v) is 17.4. The molecule has 2 amide bonds. The molecule has 2 heterocycles. The topological polar surface area (TPSA) is 71.1 Å². The van der Waals surface area contributed by atoms with Crippen molar-refractivity contribution >= 4 is 28.4 Å². The molecule has 0 bridgehead atoms. The van der Waals surface area contributed by atoms with Crippen LogP contribution in [-0.4, -0.2) is 23.3 Å². The maximum atomic E-state index is 15.1. The van der Waals surface area contributed by atoms with Crippen LogP contribution < -0.4 is 10.6 Å². The summed E-state index contributed by atoms with van der Waals surface area (Å²) in [5.74, 6) is -1.30. The van der Waals surface area contributed by atoms with Crippen LogP contribution in [0.15, 0.2) is 66.7 Å². The zero-order chi connectivity index (χ0) is 22.2. The largest absolute Gasteiger partial charge is 0.352 e. The highest BCUT2D eigenvalue weighted by atomic mass is 19.1. The number of amides is 2. The van der Waals surface area contributed by atoms with Gasteiger partial charge in [0.1, 0.15) is 0 Å². The number of carbonyl (C=O) groups is 2. The second-order valence-corrected chi connectivity index (χ2v) is 7.85. The van der Waals surface area contributed by atoms with Gasteiger partial charge >= 0.3 is 0 Å². The molecule has 0 fully saturated rings. The average molecular weight is 425 g/mol. The standard InChI is InChI=1S/C26H20FN3O2/c1-15-7-9-21-19(13-15)20(14-23(29-21)16-5-3-2-4-6-16)26(32)30-22-10-8-18-17(24(22)27)11-12-28-25(18)31/h2-10,13-14H,11-12H2,1H3,(H,28,31)(H,30,32). The van der Waals surface area contributed by atoms with Gasteiger partial charge in [-0.3, -0.25) is 9.59 Å². The minimum absolute atomic E-state index is 0.0577. The molecule has 0 saturated carbocycles. The van der Waals surface area contributed by atoms with E-state index in [0.717, 1.165) is 11.1 Å². The molecule has 1 aromatic heterocycles. The Bertz CT molecular complexity index is 1380. The van der Waals surface area contributed by atoms with Crippen molar-refractivity contribution in [3.05, 3.63) is 94.8 Å². The van der Waals surface area contributed by atoms with Crippen molar-refractivity contribution in [1.82, 2.24) is 10.3 Å². The molecule has 1 aliphatic heterocycles. The number of benzene rings is 3. The summed E-state index contributed by atoms with van der Waals surface area (Å²) in [5, 5.41) is 6.10. The molecule has 0 unspecified atom stereocenters. The molecule has 5 nitrogen and oxygen atoms in total. The first-order valence-electron chi connectivity index (χ1n) is 10.4. The van der Waals surface area contributed by atoms with E-state index < -0.39 is 11.7 Å². The van der Waals surface area contributed by atoms with Crippen LogP contribution >= 0.6 is 0 Å². The first kappa shape index (κ1) is 19.9. The molecule has 4 aromatic rings. The Morgan fingerprint density at radius 3 is 2.69 bits per heavy atom. The van der Waals surface area contributed by atoms with E-state index in [2.05, 4.69) is 10.6 Å². The van der Waals surface area contributed by atoms with Gasteiger partial charge in [-0.25, -0.2) is 9.37 Å². The number of aryl methyl sites for hydroxylation is 1. The molecule has 0 radical (unpaired) electrons. The third-order valence-electron chi connectivity index (χ3n) is 5.67. The van der Waals surface area contributed by atoms with Crippen molar-refractivity contribution < 1.29 is 14.0 Å². The van der Waals surface area contributed by atoms with Gasteiger partial charge in [-0.1, -0.05) is 42.0 Å². The van der Waals surface area contributed by atoms with Crippen molar-refractivity contribution in [1.29, 1.82) is 0 Å². The Morgan fingerprint density at radius 2 is 1.88 bits per heavy atom. The highest BCUT2D eigenvalue weighted by Crippen LogP contribution is 2.28. The number of aromatic nitrogens is 1. The third kappa shape index (κ3) is 3.50. The number of halogens is 1. The molecule has 32 heavy (non-hydrogen) atoms. The summed E-state index contributed by atoms with van der Waals surface area (Å²) in [5.41, 5.74) is 4.32. The summed E-state index contributed by atoms with van der Waals surface area (Å²) in [6.07, 6.45) is 0.381. The Morgan fingerprint density at radius 1 is 1.06 bits per heavy atom. The highest BCUT2D eigenvalue weighted by molar-refractivity contribution is 6.13. The Kier molecular flexibility index (Phi) is 4.90. The van der Waals surface area contributed by atoms with Crippen molar-refractivity contribution in [2.45, 2.75) is 13.3 Å². The lowest BCUT2D eigenvalue weighted by Gasteiger charge is -2.19. The van der Waals surface area contributed by atoms with E-state index in [1.165, 1.54) is 6.07 Å². The van der Waals surface area contributed by atoms with E-state index in [9.17, 15) is 9.59 Å². The number of carbonyl (C=O) groups excluding carboxylic acids is 2. The molecule has 3 aromatic carbocycles. The fraction of sp³-hybridized carbons (Fsp3) is 0.115. The predicted octanol–water partition coefficient (Wildman–Crippen LogP) is 4.89. The Labute approximate surface area is 184 Å². The van der Waals surface area contributed by atoms with Gasteiger partial charge in [-0.15, -0.1) is 0 Å². The number of rotatable bonds is 3. The van der Waals surface area contributed by atoms with Gasteiger partial charge in [0, 0.05) is 28.6 Å². The predicted molar refractivity (Wildman–Crippen MR) is 122 cm³/mol. The monoisotopic (exact) mass is 425 g/mol. The van der Waals surface area contributed by atoms with Gasteiger partial charge in [-0.2, -0.15) is 0 Å². The van der Waals surface area contributed by atoms with Crippen LogP contribution in [0.5, 0.6) is 0 Å². The lowest BCUT2D eigenvalue weighted by molar-refractivity contribution is 0.0944. The summed E-state index contributed by atoms with van der Waals surface area (Å²) < 4.78 is 15.1. The first-order valence-corrected chi connectivity index (χ1v) is 10.4. The maximum Gasteiger partial charge on any atom is 0.256 e. The maximum absolute atomic E-state index is 15.1. The molecule has 2 N–H and O–H groups in total. The van der Waals surface area contributed by atoms with Gasteiger partial charge in [0.2, 0.25) is 0 Å². The summed E-state index contributed by atoms with van der Waals surface area (Å²) in [4.78, 5) is 30.0. The average Bonchev–Trinajstić information content (AvgIpc) is 2.81. The zero-order valence-electron chi connectivity index (χ0n) is 17.4. The number of fused-ring (bicyclic) bond motifs is 2. The number of hydrogen-bond acceptors (Lipinski definition) is 3. The van der Waals surface area contributed by atoms with E-state index in [1.807, 2.05) is 55.5 Å². The smallest absolute Gasteiger partial charge is 0.256 e. The summed E-state index contributed by atoms with van der Waals surface area (Å²) in [6.45, 7) is 2.31. The van der Waals surface area contributed by atoms with Crippen LogP contribution in [-0.2, 0) is 6.42 Å². The second-order valence-electron chi connectivity index (χ2n) is 7.85. The molecule has 5 rings (SSSR count). The lowest BCUT2D eigenvalue weighted by Crippen LogP contribution is -2.32. The van der Waals surface area contributed by atoms with Crippen molar-refractivity contribution in [3.63, 3.8) is 0 Å². The molecule has 158 valence electrons. The summed E-state index contributed by atoms with van der Waals surface area (Å²) in [6, 6.07) is 20.0. The SMILES string of the molecule is Cc1ccc2nc(-c3ccccc3)cc(C(=O)Nc3ccc4c(c3F)CCNC4=O)c2c1. The number of hydrogen-bond donors (Lipinski definition) is 2. The van der Waals surface area contributed by atoms with E-state index in [0.29, 0.717) is 46.3 Å². The first-order chi connectivity index (χ1) is 15.5. The Balaban J connectivity index is 1.59. The van der Waals surface area contributed by atoms with Gasteiger partial charge in [0.25, 0.3) is 11.8 Å². The summed E-state index contributed by atoms with van der Waals surface area (Å²) in [7, 11) is 0. The molecule has 1 aliphatic rings. The van der Waals surface area contributed by atoms with Gasteiger partial charge < -0.3 is 10.6 Å². The normalized spacial score (nSPS) is 12.9. The quantitative estimate of drug-likeness (QED) is 0.491. The van der Waals surface area contributed by atoms with Crippen LogP contribution in [0.2, 0.25) is 0 Å². The molecule has 0 atom stereocenters. The van der Waals surface area contributed by atoms with Crippen LogP contribution in [0.4, 0.5) is 10.1 Å². The Hall–Kier alpha value is -4.06. The second kappa shape index (κ2) is 7.89. The highest BCUT2D eigenvalue weighted by Gasteiger charge is 2.23. The van der Waals surface area contributed by atoms with E-state index in [1.54, 1.807) is 12.1 Å². The van der Waals surface area contributed by atoms with Crippen molar-refractivity contribution in [3.8, 4) is 11.3 Å². The van der Waals surface area contributed by atoms with Crippen LogP contribution in [0.25, 0.3) is 22.2 Å². The molecular weight excluding hydrogens is 405 g/mol.